The zero-order valence-corrected chi connectivity index (χ0v) is 26.2. The van der Waals surface area contributed by atoms with E-state index < -0.39 is 0 Å². The molecule has 0 fully saturated rings. The average Bonchev–Trinajstić information content (AvgIpc) is 3.50. The van der Waals surface area contributed by atoms with E-state index in [4.69, 9.17) is 0 Å². The van der Waals surface area contributed by atoms with Gasteiger partial charge in [-0.25, -0.2) is 0 Å². The molecule has 1 unspecified atom stereocenters. The molecule has 0 amide bonds. The highest BCUT2D eigenvalue weighted by molar-refractivity contribution is 7.18. The van der Waals surface area contributed by atoms with Crippen LogP contribution in [0, 0.1) is 5.92 Å². The third kappa shape index (κ3) is 4.03. The van der Waals surface area contributed by atoms with Crippen molar-refractivity contribution in [2.45, 2.75) is 44.9 Å². The van der Waals surface area contributed by atoms with Crippen molar-refractivity contribution < 1.29 is 0 Å². The molecule has 1 heterocycles. The summed E-state index contributed by atoms with van der Waals surface area (Å²) in [5.74, 6) is 0.616. The van der Waals surface area contributed by atoms with Gasteiger partial charge in [0.1, 0.15) is 0 Å². The number of benzene rings is 5. The molecule has 0 N–H and O–H groups in total. The van der Waals surface area contributed by atoms with Gasteiger partial charge in [0.15, 0.2) is 0 Å². The molecular formula is C44H34S. The second-order valence-electron chi connectivity index (χ2n) is 13.4. The fourth-order valence-electron chi connectivity index (χ4n) is 8.58. The Balaban J connectivity index is 1.05. The van der Waals surface area contributed by atoms with Crippen molar-refractivity contribution in [2.24, 2.45) is 5.92 Å². The highest BCUT2D eigenvalue weighted by atomic mass is 32.1. The molecule has 4 aliphatic carbocycles. The highest BCUT2D eigenvalue weighted by Gasteiger charge is 2.26. The van der Waals surface area contributed by atoms with Crippen molar-refractivity contribution in [2.75, 3.05) is 0 Å². The lowest BCUT2D eigenvalue weighted by molar-refractivity contribution is 0.562. The van der Waals surface area contributed by atoms with Crippen LogP contribution in [0.2, 0.25) is 0 Å². The van der Waals surface area contributed by atoms with Crippen LogP contribution in [0.3, 0.4) is 0 Å². The molecule has 216 valence electrons. The van der Waals surface area contributed by atoms with Crippen molar-refractivity contribution in [1.82, 2.24) is 0 Å². The Morgan fingerprint density at radius 1 is 0.667 bits per heavy atom. The molecule has 45 heavy (non-hydrogen) atoms. The summed E-state index contributed by atoms with van der Waals surface area (Å²) >= 11 is 2.02. The molecule has 0 aliphatic heterocycles. The van der Waals surface area contributed by atoms with E-state index in [1.165, 1.54) is 92.8 Å². The van der Waals surface area contributed by atoms with Crippen LogP contribution in [0.15, 0.2) is 114 Å². The Bertz CT molecular complexity index is 2510. The van der Waals surface area contributed by atoms with Crippen molar-refractivity contribution >= 4 is 77.0 Å². The van der Waals surface area contributed by atoms with Crippen LogP contribution in [-0.2, 0) is 6.42 Å². The van der Waals surface area contributed by atoms with Crippen LogP contribution in [0.4, 0.5) is 0 Å². The summed E-state index contributed by atoms with van der Waals surface area (Å²) in [5, 5.41) is 11.1. The molecule has 10 rings (SSSR count). The zero-order valence-electron chi connectivity index (χ0n) is 25.4. The maximum Gasteiger partial charge on any atom is 0.0433 e. The number of thiophene rings is 1. The first-order valence-corrected chi connectivity index (χ1v) is 17.5. The van der Waals surface area contributed by atoms with E-state index in [-0.39, 0.29) is 0 Å². The molecule has 1 atom stereocenters. The SMILES string of the molecule is C1=Cc2c(ccc3c2ccc2ccc(C4=CC5=CC=C(C6=c7sc8c(ccc9ccccc98)c7=CCC6)CC5CC4)cc23)CC1. The lowest BCUT2D eigenvalue weighted by Gasteiger charge is -2.30. The number of hydrogen-bond acceptors (Lipinski definition) is 1. The number of aryl methyl sites for hydroxylation is 1. The quantitative estimate of drug-likeness (QED) is 0.175. The van der Waals surface area contributed by atoms with Gasteiger partial charge in [0.2, 0.25) is 0 Å². The molecule has 1 heteroatoms. The lowest BCUT2D eigenvalue weighted by Crippen LogP contribution is -2.26. The number of rotatable bonds is 2. The summed E-state index contributed by atoms with van der Waals surface area (Å²) in [5.41, 5.74) is 10.5. The summed E-state index contributed by atoms with van der Waals surface area (Å²) in [4.78, 5) is 0. The molecule has 0 saturated carbocycles. The van der Waals surface area contributed by atoms with Gasteiger partial charge < -0.3 is 0 Å². The fraction of sp³-hybridized carbons (Fsp3) is 0.182. The summed E-state index contributed by atoms with van der Waals surface area (Å²) in [6.45, 7) is 0. The van der Waals surface area contributed by atoms with Crippen molar-refractivity contribution in [3.8, 4) is 0 Å². The third-order valence-corrected chi connectivity index (χ3v) is 12.2. The normalized spacial score (nSPS) is 19.2. The Morgan fingerprint density at radius 3 is 2.51 bits per heavy atom. The zero-order chi connectivity index (χ0) is 29.5. The molecule has 0 bridgehead atoms. The first-order valence-electron chi connectivity index (χ1n) is 16.7. The Labute approximate surface area is 267 Å². The minimum absolute atomic E-state index is 0.616. The van der Waals surface area contributed by atoms with Crippen molar-refractivity contribution in [3.05, 3.63) is 141 Å². The predicted molar refractivity (Wildman–Crippen MR) is 196 cm³/mol. The van der Waals surface area contributed by atoms with Crippen molar-refractivity contribution in [1.29, 1.82) is 0 Å². The van der Waals surface area contributed by atoms with Gasteiger partial charge in [-0.15, -0.1) is 11.3 Å². The van der Waals surface area contributed by atoms with Crippen LogP contribution in [0.1, 0.15) is 55.2 Å². The topological polar surface area (TPSA) is 0 Å². The molecule has 0 radical (unpaired) electrons. The van der Waals surface area contributed by atoms with Gasteiger partial charge in [0, 0.05) is 14.6 Å². The van der Waals surface area contributed by atoms with E-state index in [9.17, 15) is 0 Å². The standard InChI is InChI=1S/C44H34S/c1-3-8-35-27(6-1)18-22-39-38(35)21-19-29-12-13-33(26-42(29)39)31-14-15-32-25-34(17-16-30(32)24-31)37-10-5-11-40-41-23-20-28-7-2-4-9-36(28)43(41)45-44(37)40/h2-4,7-9,11-13,16-24,26,32H,1,5-6,10,14-15,25H2. The van der Waals surface area contributed by atoms with Gasteiger partial charge in [-0.1, -0.05) is 109 Å². The van der Waals surface area contributed by atoms with Crippen LogP contribution in [0.25, 0.3) is 65.7 Å². The maximum atomic E-state index is 2.52. The summed E-state index contributed by atoms with van der Waals surface area (Å²) < 4.78 is 2.97. The van der Waals surface area contributed by atoms with Crippen LogP contribution in [-0.4, -0.2) is 0 Å². The van der Waals surface area contributed by atoms with Gasteiger partial charge in [0.25, 0.3) is 0 Å². The monoisotopic (exact) mass is 594 g/mol. The van der Waals surface area contributed by atoms with E-state index in [0.717, 1.165) is 32.1 Å². The fourth-order valence-corrected chi connectivity index (χ4v) is 10.0. The minimum atomic E-state index is 0.616. The molecular weight excluding hydrogens is 561 g/mol. The van der Waals surface area contributed by atoms with E-state index in [2.05, 4.69) is 115 Å². The van der Waals surface area contributed by atoms with Gasteiger partial charge in [-0.3, -0.25) is 0 Å². The van der Waals surface area contributed by atoms with Gasteiger partial charge in [0.05, 0.1) is 0 Å². The van der Waals surface area contributed by atoms with Gasteiger partial charge in [-0.05, 0) is 133 Å². The van der Waals surface area contributed by atoms with E-state index >= 15 is 0 Å². The van der Waals surface area contributed by atoms with Crippen molar-refractivity contribution in [3.63, 3.8) is 0 Å². The molecule has 0 saturated heterocycles. The third-order valence-electron chi connectivity index (χ3n) is 10.9. The second-order valence-corrected chi connectivity index (χ2v) is 14.4. The van der Waals surface area contributed by atoms with E-state index in [1.54, 1.807) is 11.1 Å². The molecule has 0 nitrogen and oxygen atoms in total. The average molecular weight is 595 g/mol. The molecule has 4 aliphatic rings. The molecule has 1 aromatic heterocycles. The summed E-state index contributed by atoms with van der Waals surface area (Å²) in [6.07, 6.45) is 22.7. The maximum absolute atomic E-state index is 2.52. The Hall–Kier alpha value is -4.46. The molecule has 5 aromatic carbocycles. The van der Waals surface area contributed by atoms with Crippen LogP contribution in [0.5, 0.6) is 0 Å². The number of hydrogen-bond donors (Lipinski definition) is 0. The van der Waals surface area contributed by atoms with E-state index in [0.29, 0.717) is 5.92 Å². The van der Waals surface area contributed by atoms with Gasteiger partial charge >= 0.3 is 0 Å². The number of allylic oxidation sites excluding steroid dienone is 7. The summed E-state index contributed by atoms with van der Waals surface area (Å²) in [6, 6.07) is 30.1. The highest BCUT2D eigenvalue weighted by Crippen LogP contribution is 2.43. The minimum Gasteiger partial charge on any atom is -0.134 e. The smallest absolute Gasteiger partial charge is 0.0433 e. The van der Waals surface area contributed by atoms with Crippen LogP contribution < -0.4 is 9.75 Å². The molecule has 0 spiro atoms. The second kappa shape index (κ2) is 10.0. The molecule has 6 aromatic rings. The first-order chi connectivity index (χ1) is 22.3. The van der Waals surface area contributed by atoms with E-state index in [1.807, 2.05) is 11.3 Å². The number of fused-ring (bicyclic) bond motifs is 11. The Kier molecular flexibility index (Phi) is 5.75. The largest absolute Gasteiger partial charge is 0.134 e. The lowest BCUT2D eigenvalue weighted by atomic mass is 9.75. The summed E-state index contributed by atoms with van der Waals surface area (Å²) in [7, 11) is 0. The first kappa shape index (κ1) is 25.8. The predicted octanol–water partition coefficient (Wildman–Crippen LogP) is 10.8. The van der Waals surface area contributed by atoms with Gasteiger partial charge in [-0.2, -0.15) is 0 Å². The van der Waals surface area contributed by atoms with Crippen LogP contribution >= 0.6 is 11.3 Å². The Morgan fingerprint density at radius 2 is 1.53 bits per heavy atom.